The number of rotatable bonds is 5. The molecule has 2 aliphatic rings. The van der Waals surface area contributed by atoms with Crippen LogP contribution in [0.5, 0.6) is 0 Å². The van der Waals surface area contributed by atoms with Crippen LogP contribution in [0.15, 0.2) is 82.3 Å². The van der Waals surface area contributed by atoms with Gasteiger partial charge in [-0.05, 0) is 43.2 Å². The Morgan fingerprint density at radius 1 is 0.968 bits per heavy atom. The maximum absolute atomic E-state index is 13.2. The minimum atomic E-state index is -0.111. The van der Waals surface area contributed by atoms with Gasteiger partial charge in [0.05, 0.1) is 24.1 Å². The van der Waals surface area contributed by atoms with Crippen molar-refractivity contribution in [2.24, 2.45) is 0 Å². The molecule has 0 radical (unpaired) electrons. The fourth-order valence-electron chi connectivity index (χ4n) is 3.98. The zero-order valence-corrected chi connectivity index (χ0v) is 17.6. The summed E-state index contributed by atoms with van der Waals surface area (Å²) >= 11 is 0. The van der Waals surface area contributed by atoms with Crippen LogP contribution in [-0.2, 0) is 12.8 Å². The fraction of sp³-hybridized carbons (Fsp3) is 0.154. The van der Waals surface area contributed by atoms with E-state index in [0.29, 0.717) is 24.4 Å². The van der Waals surface area contributed by atoms with Gasteiger partial charge >= 0.3 is 0 Å². The van der Waals surface area contributed by atoms with E-state index in [1.165, 1.54) is 11.1 Å². The van der Waals surface area contributed by atoms with E-state index in [-0.39, 0.29) is 5.56 Å². The number of aryl methyl sites for hydroxylation is 2. The van der Waals surface area contributed by atoms with Crippen molar-refractivity contribution in [3.63, 3.8) is 0 Å². The molecule has 0 unspecified atom stereocenters. The van der Waals surface area contributed by atoms with Gasteiger partial charge in [-0.3, -0.25) is 9.36 Å². The minimum absolute atomic E-state index is 0.111. The van der Waals surface area contributed by atoms with Crippen molar-refractivity contribution < 1.29 is 4.42 Å². The van der Waals surface area contributed by atoms with Crippen molar-refractivity contribution in [2.45, 2.75) is 26.7 Å². The van der Waals surface area contributed by atoms with Gasteiger partial charge in [0.25, 0.3) is 5.56 Å². The Kier molecular flexibility index (Phi) is 4.79. The molecule has 0 saturated carbocycles. The van der Waals surface area contributed by atoms with E-state index in [1.807, 2.05) is 30.5 Å². The summed E-state index contributed by atoms with van der Waals surface area (Å²) in [5.74, 6) is 1.38. The van der Waals surface area contributed by atoms with Gasteiger partial charge in [0, 0.05) is 12.6 Å². The lowest BCUT2D eigenvalue weighted by Crippen LogP contribution is -2.17. The zero-order chi connectivity index (χ0) is 21.4. The smallest absolute Gasteiger partial charge is 0.278 e. The molecule has 0 saturated heterocycles. The van der Waals surface area contributed by atoms with Gasteiger partial charge in [-0.15, -0.1) is 0 Å². The molecule has 2 aliphatic heterocycles. The third-order valence-electron chi connectivity index (χ3n) is 5.46. The third kappa shape index (κ3) is 3.82. The highest BCUT2D eigenvalue weighted by atomic mass is 16.3. The second kappa shape index (κ2) is 7.76. The fourth-order valence-corrected chi connectivity index (χ4v) is 3.98. The van der Waals surface area contributed by atoms with Gasteiger partial charge in [-0.25, -0.2) is 4.98 Å². The Morgan fingerprint density at radius 3 is 2.52 bits per heavy atom. The number of hydrogen-bond acceptors (Lipinski definition) is 3. The molecule has 0 fully saturated rings. The van der Waals surface area contributed by atoms with Crippen LogP contribution < -0.4 is 5.56 Å². The summed E-state index contributed by atoms with van der Waals surface area (Å²) in [5, 5.41) is 0. The number of hydrogen-bond donors (Lipinski definition) is 1. The van der Waals surface area contributed by atoms with Crippen molar-refractivity contribution in [3.8, 4) is 17.1 Å². The molecule has 0 bridgehead atoms. The van der Waals surface area contributed by atoms with Crippen LogP contribution in [0.25, 0.3) is 17.1 Å². The quantitative estimate of drug-likeness (QED) is 0.441. The number of benzene rings is 2. The lowest BCUT2D eigenvalue weighted by Gasteiger charge is -2.14. The van der Waals surface area contributed by atoms with Crippen LogP contribution in [0.2, 0.25) is 0 Å². The Hall–Kier alpha value is -3.86. The average molecular weight is 409 g/mol. The van der Waals surface area contributed by atoms with Gasteiger partial charge in [0.15, 0.2) is 5.82 Å². The van der Waals surface area contributed by atoms with Crippen molar-refractivity contribution in [3.05, 3.63) is 117 Å². The molecule has 1 aromatic heterocycles. The van der Waals surface area contributed by atoms with E-state index < -0.39 is 0 Å². The maximum atomic E-state index is 13.2. The molecule has 2 aromatic carbocycles. The summed E-state index contributed by atoms with van der Waals surface area (Å²) < 4.78 is 7.10. The first-order chi connectivity index (χ1) is 15.1. The van der Waals surface area contributed by atoms with Gasteiger partial charge in [0.1, 0.15) is 11.5 Å². The molecule has 0 amide bonds. The second-order valence-electron chi connectivity index (χ2n) is 8.00. The molecule has 0 spiro atoms. The molecular weight excluding hydrogens is 386 g/mol. The SMILES string of the molecule is Cc1cccc(Cc2[nH]c(-c3cccc(C)c3)cn3c(=O)c(Cc4ccco4)nc2-3)c1. The van der Waals surface area contributed by atoms with Crippen molar-refractivity contribution in [1.82, 2.24) is 14.5 Å². The number of nitrogens with one attached hydrogen (secondary N) is 1. The predicted molar refractivity (Wildman–Crippen MR) is 121 cm³/mol. The normalized spacial score (nSPS) is 11.3. The Balaban J connectivity index is 1.67. The summed E-state index contributed by atoms with van der Waals surface area (Å²) in [6.45, 7) is 4.14. The molecule has 5 rings (SSSR count). The van der Waals surface area contributed by atoms with Crippen LogP contribution in [0, 0.1) is 13.8 Å². The highest BCUT2D eigenvalue weighted by Gasteiger charge is 2.21. The van der Waals surface area contributed by atoms with Crippen LogP contribution in [0.1, 0.15) is 33.8 Å². The monoisotopic (exact) mass is 409 g/mol. The molecular formula is C26H23N3O2. The lowest BCUT2D eigenvalue weighted by molar-refractivity contribution is 0.519. The van der Waals surface area contributed by atoms with E-state index in [4.69, 9.17) is 9.40 Å². The molecule has 154 valence electrons. The number of H-pyrrole nitrogens is 1. The number of aromatic amines is 1. The van der Waals surface area contributed by atoms with E-state index in [1.54, 1.807) is 10.8 Å². The van der Waals surface area contributed by atoms with Crippen LogP contribution in [0.3, 0.4) is 0 Å². The highest BCUT2D eigenvalue weighted by Crippen LogP contribution is 2.24. The number of imidazole rings is 1. The van der Waals surface area contributed by atoms with Gasteiger partial charge in [-0.2, -0.15) is 0 Å². The van der Waals surface area contributed by atoms with Gasteiger partial charge < -0.3 is 9.40 Å². The van der Waals surface area contributed by atoms with E-state index in [9.17, 15) is 4.79 Å². The molecule has 0 atom stereocenters. The summed E-state index contributed by atoms with van der Waals surface area (Å²) in [7, 11) is 0. The van der Waals surface area contributed by atoms with E-state index in [0.717, 1.165) is 28.3 Å². The van der Waals surface area contributed by atoms with Crippen LogP contribution in [0.4, 0.5) is 0 Å². The topological polar surface area (TPSA) is 63.8 Å². The highest BCUT2D eigenvalue weighted by molar-refractivity contribution is 5.61. The maximum Gasteiger partial charge on any atom is 0.278 e. The summed E-state index contributed by atoms with van der Waals surface area (Å²) in [5.41, 5.74) is 6.74. The summed E-state index contributed by atoms with van der Waals surface area (Å²) in [4.78, 5) is 21.5. The molecule has 5 nitrogen and oxygen atoms in total. The molecule has 5 heteroatoms. The Bertz CT molecular complexity index is 1380. The average Bonchev–Trinajstić information content (AvgIpc) is 3.37. The molecule has 3 aromatic rings. The standard InChI is InChI=1S/C26H23N3O2/c1-17-6-3-8-19(12-17)14-22-25-28-23(15-21-10-5-11-31-21)26(30)29(25)16-24(27-22)20-9-4-7-18(2)13-20/h3-13,16,27H,14-15H2,1-2H3. The lowest BCUT2D eigenvalue weighted by atomic mass is 10.1. The van der Waals surface area contributed by atoms with E-state index in [2.05, 4.69) is 55.2 Å². The summed E-state index contributed by atoms with van der Waals surface area (Å²) in [6.07, 6.45) is 4.49. The number of aromatic nitrogens is 3. The van der Waals surface area contributed by atoms with Gasteiger partial charge in [-0.1, -0.05) is 53.6 Å². The first kappa shape index (κ1) is 19.1. The van der Waals surface area contributed by atoms with Crippen LogP contribution in [-0.4, -0.2) is 14.5 Å². The van der Waals surface area contributed by atoms with Crippen molar-refractivity contribution in [2.75, 3.05) is 0 Å². The third-order valence-corrected chi connectivity index (χ3v) is 5.46. The molecule has 0 aliphatic carbocycles. The van der Waals surface area contributed by atoms with E-state index >= 15 is 0 Å². The molecule has 3 heterocycles. The Labute approximate surface area is 180 Å². The molecule has 1 N–H and O–H groups in total. The first-order valence-corrected chi connectivity index (χ1v) is 10.3. The van der Waals surface area contributed by atoms with Crippen molar-refractivity contribution in [1.29, 1.82) is 0 Å². The Morgan fingerprint density at radius 2 is 1.77 bits per heavy atom. The van der Waals surface area contributed by atoms with Gasteiger partial charge in [0.2, 0.25) is 0 Å². The zero-order valence-electron chi connectivity index (χ0n) is 17.6. The summed E-state index contributed by atoms with van der Waals surface area (Å²) in [6, 6.07) is 20.3. The van der Waals surface area contributed by atoms with Crippen LogP contribution >= 0.6 is 0 Å². The van der Waals surface area contributed by atoms with Crippen molar-refractivity contribution >= 4 is 0 Å². The first-order valence-electron chi connectivity index (χ1n) is 10.3. The predicted octanol–water partition coefficient (Wildman–Crippen LogP) is 5.06. The second-order valence-corrected chi connectivity index (χ2v) is 8.00. The number of fused-ring (bicyclic) bond motifs is 1. The minimum Gasteiger partial charge on any atom is -0.469 e. The molecule has 31 heavy (non-hydrogen) atoms. The largest absolute Gasteiger partial charge is 0.469 e. The number of nitrogens with zero attached hydrogens (tertiary/aromatic N) is 2. The number of furan rings is 1.